The summed E-state index contributed by atoms with van der Waals surface area (Å²) in [6, 6.07) is 0. The molecule has 0 bridgehead atoms. The number of aromatic nitrogens is 1. The van der Waals surface area contributed by atoms with Crippen molar-refractivity contribution in [3.8, 4) is 0 Å². The second-order valence-electron chi connectivity index (χ2n) is 3.72. The molecule has 0 fully saturated rings. The number of nitrogen functional groups attached to an aromatic ring is 1. The van der Waals surface area contributed by atoms with E-state index >= 15 is 0 Å². The monoisotopic (exact) mass is 285 g/mol. The molecule has 1 heterocycles. The first kappa shape index (κ1) is 15.2. The van der Waals surface area contributed by atoms with Crippen molar-refractivity contribution in [2.24, 2.45) is 0 Å². The van der Waals surface area contributed by atoms with Crippen LogP contribution in [0.25, 0.3) is 0 Å². The maximum atomic E-state index is 11.8. The van der Waals surface area contributed by atoms with E-state index in [1.165, 1.54) is 11.3 Å². The molecule has 8 heteroatoms. The summed E-state index contributed by atoms with van der Waals surface area (Å²) < 4.78 is 0. The molecule has 5 N–H and O–H groups in total. The van der Waals surface area contributed by atoms with Crippen molar-refractivity contribution in [1.29, 1.82) is 0 Å². The molecule has 0 aliphatic heterocycles. The van der Waals surface area contributed by atoms with Gasteiger partial charge in [-0.05, 0) is 13.8 Å². The Labute approximate surface area is 116 Å². The molecule has 1 aromatic heterocycles. The highest BCUT2D eigenvalue weighted by Gasteiger charge is 2.15. The van der Waals surface area contributed by atoms with Crippen molar-refractivity contribution < 1.29 is 9.59 Å². The lowest BCUT2D eigenvalue weighted by Crippen LogP contribution is -2.30. The number of rotatable bonds is 7. The molecule has 2 amide bonds. The van der Waals surface area contributed by atoms with E-state index in [4.69, 9.17) is 5.73 Å². The molecule has 0 saturated heterocycles. The van der Waals surface area contributed by atoms with Gasteiger partial charge in [-0.15, -0.1) is 0 Å². The number of amides is 2. The molecular formula is C11H19N5O2S. The third-order valence-electron chi connectivity index (χ3n) is 2.20. The molecule has 0 aliphatic carbocycles. The van der Waals surface area contributed by atoms with Gasteiger partial charge in [-0.3, -0.25) is 9.59 Å². The van der Waals surface area contributed by atoms with E-state index in [9.17, 15) is 9.59 Å². The molecule has 0 aliphatic rings. The Bertz CT molecular complexity index is 446. The summed E-state index contributed by atoms with van der Waals surface area (Å²) in [5.41, 5.74) is 5.67. The lowest BCUT2D eigenvalue weighted by molar-refractivity contribution is -0.120. The summed E-state index contributed by atoms with van der Waals surface area (Å²) in [6.45, 7) is 5.35. The number of carbonyl (C=O) groups excluding carboxylic acids is 2. The summed E-state index contributed by atoms with van der Waals surface area (Å²) in [5.74, 6) is -0.187. The van der Waals surface area contributed by atoms with E-state index in [2.05, 4.69) is 20.9 Å². The highest BCUT2D eigenvalue weighted by Crippen LogP contribution is 2.24. The fourth-order valence-corrected chi connectivity index (χ4v) is 2.25. The Balaban J connectivity index is 2.47. The van der Waals surface area contributed by atoms with Crippen LogP contribution < -0.4 is 21.7 Å². The third-order valence-corrected chi connectivity index (χ3v) is 3.23. The lowest BCUT2D eigenvalue weighted by atomic mass is 10.3. The molecule has 0 aromatic carbocycles. The van der Waals surface area contributed by atoms with Gasteiger partial charge in [-0.2, -0.15) is 0 Å². The molecule has 0 saturated carbocycles. The molecule has 1 aromatic rings. The SMILES string of the molecule is CCNC(=O)CCNC(=O)c1sc(NCC)nc1N. The van der Waals surface area contributed by atoms with Crippen LogP contribution in [-0.4, -0.2) is 36.4 Å². The van der Waals surface area contributed by atoms with Gasteiger partial charge in [0.2, 0.25) is 5.91 Å². The highest BCUT2D eigenvalue weighted by atomic mass is 32.1. The molecule has 0 unspecified atom stereocenters. The summed E-state index contributed by atoms with van der Waals surface area (Å²) in [6.07, 6.45) is 0.248. The molecule has 0 radical (unpaired) electrons. The Hall–Kier alpha value is -1.83. The summed E-state index contributed by atoms with van der Waals surface area (Å²) >= 11 is 1.20. The predicted octanol–water partition coefficient (Wildman–Crippen LogP) is 0.413. The average Bonchev–Trinajstić information content (AvgIpc) is 2.71. The van der Waals surface area contributed by atoms with Crippen LogP contribution in [0.1, 0.15) is 29.9 Å². The maximum absolute atomic E-state index is 11.8. The zero-order valence-corrected chi connectivity index (χ0v) is 11.9. The van der Waals surface area contributed by atoms with Crippen LogP contribution in [0.15, 0.2) is 0 Å². The second kappa shape index (κ2) is 7.57. The Morgan fingerprint density at radius 1 is 1.26 bits per heavy atom. The van der Waals surface area contributed by atoms with Gasteiger partial charge in [0.25, 0.3) is 5.91 Å². The Morgan fingerprint density at radius 3 is 2.63 bits per heavy atom. The van der Waals surface area contributed by atoms with Gasteiger partial charge in [0.1, 0.15) is 10.7 Å². The number of nitrogens with two attached hydrogens (primary N) is 1. The van der Waals surface area contributed by atoms with Crippen molar-refractivity contribution in [2.45, 2.75) is 20.3 Å². The van der Waals surface area contributed by atoms with Crippen LogP contribution in [-0.2, 0) is 4.79 Å². The topological polar surface area (TPSA) is 109 Å². The van der Waals surface area contributed by atoms with E-state index in [1.54, 1.807) is 0 Å². The van der Waals surface area contributed by atoms with Gasteiger partial charge in [-0.1, -0.05) is 11.3 Å². The number of hydrogen-bond acceptors (Lipinski definition) is 6. The number of hydrogen-bond donors (Lipinski definition) is 4. The summed E-state index contributed by atoms with van der Waals surface area (Å²) in [5, 5.41) is 8.92. The fraction of sp³-hybridized carbons (Fsp3) is 0.545. The molecule has 106 valence electrons. The van der Waals surface area contributed by atoms with Gasteiger partial charge in [0.15, 0.2) is 5.13 Å². The Kier molecular flexibility index (Phi) is 6.07. The minimum atomic E-state index is -0.302. The number of thiazole rings is 1. The van der Waals surface area contributed by atoms with Crippen LogP contribution in [0, 0.1) is 0 Å². The number of anilines is 2. The van der Waals surface area contributed by atoms with Crippen molar-refractivity contribution in [1.82, 2.24) is 15.6 Å². The van der Waals surface area contributed by atoms with Gasteiger partial charge in [-0.25, -0.2) is 4.98 Å². The van der Waals surface area contributed by atoms with Gasteiger partial charge >= 0.3 is 0 Å². The van der Waals surface area contributed by atoms with Crippen molar-refractivity contribution in [2.75, 3.05) is 30.7 Å². The molecule has 1 rings (SSSR count). The van der Waals surface area contributed by atoms with Crippen LogP contribution in [0.3, 0.4) is 0 Å². The summed E-state index contributed by atoms with van der Waals surface area (Å²) in [7, 11) is 0. The molecule has 0 spiro atoms. The lowest BCUT2D eigenvalue weighted by Gasteiger charge is -2.04. The second-order valence-corrected chi connectivity index (χ2v) is 4.72. The van der Waals surface area contributed by atoms with Crippen LogP contribution >= 0.6 is 11.3 Å². The average molecular weight is 285 g/mol. The van der Waals surface area contributed by atoms with E-state index in [1.807, 2.05) is 13.8 Å². The number of nitrogens with one attached hydrogen (secondary N) is 3. The van der Waals surface area contributed by atoms with E-state index in [0.29, 0.717) is 23.1 Å². The molecular weight excluding hydrogens is 266 g/mol. The number of carbonyl (C=O) groups is 2. The van der Waals surface area contributed by atoms with Gasteiger partial charge in [0, 0.05) is 26.1 Å². The smallest absolute Gasteiger partial charge is 0.265 e. The first-order chi connectivity index (χ1) is 9.08. The van der Waals surface area contributed by atoms with E-state index in [0.717, 1.165) is 0 Å². The van der Waals surface area contributed by atoms with E-state index < -0.39 is 0 Å². The predicted molar refractivity (Wildman–Crippen MR) is 76.3 cm³/mol. The quantitative estimate of drug-likeness (QED) is 0.580. The molecule has 19 heavy (non-hydrogen) atoms. The highest BCUT2D eigenvalue weighted by molar-refractivity contribution is 7.18. The van der Waals surface area contributed by atoms with Gasteiger partial charge in [0.05, 0.1) is 0 Å². The fourth-order valence-electron chi connectivity index (χ4n) is 1.38. The van der Waals surface area contributed by atoms with Crippen molar-refractivity contribution in [3.63, 3.8) is 0 Å². The Morgan fingerprint density at radius 2 is 2.00 bits per heavy atom. The normalized spacial score (nSPS) is 10.0. The van der Waals surface area contributed by atoms with Crippen LogP contribution in [0.5, 0.6) is 0 Å². The zero-order chi connectivity index (χ0) is 14.3. The first-order valence-electron chi connectivity index (χ1n) is 6.13. The van der Waals surface area contributed by atoms with Gasteiger partial charge < -0.3 is 21.7 Å². The van der Waals surface area contributed by atoms with E-state index in [-0.39, 0.29) is 30.6 Å². The largest absolute Gasteiger partial charge is 0.382 e. The third kappa shape index (κ3) is 4.74. The van der Waals surface area contributed by atoms with Crippen molar-refractivity contribution >= 4 is 34.1 Å². The standard InChI is InChI=1S/C11H19N5O2S/c1-3-13-7(17)5-6-15-10(18)8-9(12)16-11(19-8)14-4-2/h3-6,12H2,1-2H3,(H,13,17)(H,14,16)(H,15,18). The number of nitrogens with zero attached hydrogens (tertiary/aromatic N) is 1. The van der Waals surface area contributed by atoms with Crippen LogP contribution in [0.2, 0.25) is 0 Å². The molecule has 0 atom stereocenters. The first-order valence-corrected chi connectivity index (χ1v) is 6.95. The summed E-state index contributed by atoms with van der Waals surface area (Å²) in [4.78, 5) is 27.5. The molecule has 7 nitrogen and oxygen atoms in total. The minimum Gasteiger partial charge on any atom is -0.382 e. The minimum absolute atomic E-state index is 0.0894. The van der Waals surface area contributed by atoms with Crippen molar-refractivity contribution in [3.05, 3.63) is 4.88 Å². The maximum Gasteiger partial charge on any atom is 0.265 e. The van der Waals surface area contributed by atoms with Crippen LogP contribution in [0.4, 0.5) is 10.9 Å². The zero-order valence-electron chi connectivity index (χ0n) is 11.1.